The van der Waals surface area contributed by atoms with Gasteiger partial charge >= 0.3 is 0 Å². The molecule has 0 aliphatic heterocycles. The summed E-state index contributed by atoms with van der Waals surface area (Å²) in [6.45, 7) is 17.9. The van der Waals surface area contributed by atoms with Crippen molar-refractivity contribution in [2.45, 2.75) is 273 Å². The minimum atomic E-state index is 0.710. The average Bonchev–Trinajstić information content (AvgIpc) is 3.71. The molecule has 0 amide bonds. The van der Waals surface area contributed by atoms with Crippen LogP contribution in [0.25, 0.3) is 36.5 Å². The van der Waals surface area contributed by atoms with E-state index in [1.165, 1.54) is 193 Å². The normalized spacial score (nSPS) is 11.6. The number of unbranched alkanes of at least 4 members (excludes halogenated alkanes) is 30. The molecule has 0 spiro atoms. The molecular weight excluding hydrogens is 1030 g/mol. The SMILES string of the molecule is CCCCCCCCOc1cc(/C=C/c2cc(/C=C/c3cc(OCCCCCCCC)cc(OCCCCCCCC)c3)cc(/C=C/c3cc(OCCCCCCCC)cc(OCCCCCCCC)c3)c2)cc(OCCCCCCCC)c1. The molecule has 0 fully saturated rings. The zero-order valence-corrected chi connectivity index (χ0v) is 54.5. The Kier molecular flexibility index (Phi) is 41.7. The first-order valence-corrected chi connectivity index (χ1v) is 34.9. The highest BCUT2D eigenvalue weighted by molar-refractivity contribution is 5.79. The molecule has 0 aliphatic rings. The Labute approximate surface area is 515 Å². The highest BCUT2D eigenvalue weighted by atomic mass is 16.5. The van der Waals surface area contributed by atoms with Gasteiger partial charge < -0.3 is 28.4 Å². The van der Waals surface area contributed by atoms with Crippen LogP contribution in [0.15, 0.2) is 72.8 Å². The predicted octanol–water partition coefficient (Wildman–Crippen LogP) is 24.6. The molecule has 0 saturated heterocycles. The molecule has 468 valence electrons. The summed E-state index contributed by atoms with van der Waals surface area (Å²) >= 11 is 0. The van der Waals surface area contributed by atoms with E-state index in [1.54, 1.807) is 0 Å². The molecule has 0 saturated carbocycles. The van der Waals surface area contributed by atoms with E-state index in [0.29, 0.717) is 39.6 Å². The van der Waals surface area contributed by atoms with Crippen LogP contribution in [0.4, 0.5) is 0 Å². The van der Waals surface area contributed by atoms with Gasteiger partial charge in [-0.1, -0.05) is 271 Å². The molecule has 0 aliphatic carbocycles. The lowest BCUT2D eigenvalue weighted by molar-refractivity contribution is 0.289. The van der Waals surface area contributed by atoms with E-state index in [9.17, 15) is 0 Å². The maximum absolute atomic E-state index is 6.45. The molecule has 0 aromatic heterocycles. The third-order valence-corrected chi connectivity index (χ3v) is 15.7. The predicted molar refractivity (Wildman–Crippen MR) is 366 cm³/mol. The number of hydrogen-bond donors (Lipinski definition) is 0. The van der Waals surface area contributed by atoms with Gasteiger partial charge in [-0.15, -0.1) is 0 Å². The topological polar surface area (TPSA) is 55.4 Å². The molecule has 0 unspecified atom stereocenters. The Morgan fingerprint density at radius 3 is 0.488 bits per heavy atom. The van der Waals surface area contributed by atoms with Crippen molar-refractivity contribution in [3.63, 3.8) is 0 Å². The molecule has 0 N–H and O–H groups in total. The number of rotatable bonds is 54. The third-order valence-electron chi connectivity index (χ3n) is 15.7. The number of ether oxygens (including phenoxy) is 6. The van der Waals surface area contributed by atoms with Crippen LogP contribution in [0.1, 0.15) is 306 Å². The van der Waals surface area contributed by atoms with Crippen molar-refractivity contribution in [2.24, 2.45) is 0 Å². The second-order valence-electron chi connectivity index (χ2n) is 23.8. The Morgan fingerprint density at radius 1 is 0.179 bits per heavy atom. The summed E-state index contributed by atoms with van der Waals surface area (Å²) in [5, 5.41) is 0. The first-order chi connectivity index (χ1) is 41.4. The van der Waals surface area contributed by atoms with Crippen molar-refractivity contribution in [1.29, 1.82) is 0 Å². The first kappa shape index (κ1) is 71.4. The largest absolute Gasteiger partial charge is 0.493 e. The van der Waals surface area contributed by atoms with Crippen molar-refractivity contribution in [1.82, 2.24) is 0 Å². The van der Waals surface area contributed by atoms with Crippen LogP contribution in [0, 0.1) is 0 Å². The molecule has 4 aromatic rings. The molecular formula is C78H120O6. The standard InChI is InChI=1S/C78H120O6/c1-7-13-19-25-31-37-49-79-73-58-70(59-74(64-73)80-50-38-32-26-20-14-8-2)46-43-67-55-68(44-47-71-60-75(81-51-39-33-27-21-15-9-3)65-76(61-71)82-52-40-34-28-22-16-10-4)57-69(56-67)45-48-72-62-77(83-53-41-35-29-23-17-11-5)66-78(63-72)84-54-42-36-30-24-18-12-6/h43-48,55-66H,7-42,49-54H2,1-6H3/b46-43+,47-44+,48-45+. The summed E-state index contributed by atoms with van der Waals surface area (Å²) in [6.07, 6.45) is 57.7. The minimum Gasteiger partial charge on any atom is -0.493 e. The summed E-state index contributed by atoms with van der Waals surface area (Å²) in [5.74, 6) is 5.20. The molecule has 0 bridgehead atoms. The van der Waals surface area contributed by atoms with Gasteiger partial charge in [0, 0.05) is 18.2 Å². The van der Waals surface area contributed by atoms with Crippen LogP contribution >= 0.6 is 0 Å². The van der Waals surface area contributed by atoms with E-state index >= 15 is 0 Å². The van der Waals surface area contributed by atoms with Crippen molar-refractivity contribution in [3.8, 4) is 34.5 Å². The summed E-state index contributed by atoms with van der Waals surface area (Å²) in [6, 6.07) is 26.1. The number of benzene rings is 4. The van der Waals surface area contributed by atoms with Gasteiger partial charge in [0.25, 0.3) is 0 Å². The summed E-state index contributed by atoms with van der Waals surface area (Å²) in [4.78, 5) is 0. The maximum Gasteiger partial charge on any atom is 0.123 e. The van der Waals surface area contributed by atoms with E-state index in [0.717, 1.165) is 106 Å². The molecule has 6 heteroatoms. The molecule has 6 nitrogen and oxygen atoms in total. The smallest absolute Gasteiger partial charge is 0.123 e. The van der Waals surface area contributed by atoms with Gasteiger partial charge in [-0.25, -0.2) is 0 Å². The van der Waals surface area contributed by atoms with E-state index in [2.05, 4.69) is 151 Å². The van der Waals surface area contributed by atoms with E-state index in [1.807, 2.05) is 0 Å². The second-order valence-corrected chi connectivity index (χ2v) is 23.8. The Bertz CT molecular complexity index is 1950. The van der Waals surface area contributed by atoms with E-state index in [4.69, 9.17) is 28.4 Å². The lowest BCUT2D eigenvalue weighted by atomic mass is 10.0. The van der Waals surface area contributed by atoms with E-state index in [-0.39, 0.29) is 0 Å². The van der Waals surface area contributed by atoms with Gasteiger partial charge in [-0.3, -0.25) is 0 Å². The van der Waals surface area contributed by atoms with Gasteiger partial charge in [0.05, 0.1) is 39.6 Å². The number of hydrogen-bond acceptors (Lipinski definition) is 6. The Hall–Kier alpha value is -5.10. The van der Waals surface area contributed by atoms with Gasteiger partial charge in [-0.05, 0) is 127 Å². The second kappa shape index (κ2) is 49.1. The minimum absolute atomic E-state index is 0.710. The van der Waals surface area contributed by atoms with Gasteiger partial charge in [0.15, 0.2) is 0 Å². The first-order valence-electron chi connectivity index (χ1n) is 34.9. The van der Waals surface area contributed by atoms with Crippen molar-refractivity contribution in [3.05, 3.63) is 106 Å². The van der Waals surface area contributed by atoms with Crippen molar-refractivity contribution < 1.29 is 28.4 Å². The summed E-state index contributed by atoms with van der Waals surface area (Å²) in [7, 11) is 0. The molecule has 84 heavy (non-hydrogen) atoms. The van der Waals surface area contributed by atoms with Crippen LogP contribution in [0.3, 0.4) is 0 Å². The van der Waals surface area contributed by atoms with Crippen LogP contribution < -0.4 is 28.4 Å². The van der Waals surface area contributed by atoms with Crippen LogP contribution in [0.2, 0.25) is 0 Å². The third kappa shape index (κ3) is 35.4. The Balaban J connectivity index is 1.70. The van der Waals surface area contributed by atoms with Crippen molar-refractivity contribution >= 4 is 36.5 Å². The van der Waals surface area contributed by atoms with E-state index < -0.39 is 0 Å². The fourth-order valence-corrected chi connectivity index (χ4v) is 10.6. The zero-order chi connectivity index (χ0) is 59.6. The highest BCUT2D eigenvalue weighted by Crippen LogP contribution is 2.30. The fraction of sp³-hybridized carbons (Fsp3) is 0.615. The van der Waals surface area contributed by atoms with Crippen LogP contribution in [0.5, 0.6) is 34.5 Å². The fourth-order valence-electron chi connectivity index (χ4n) is 10.6. The van der Waals surface area contributed by atoms with Gasteiger partial charge in [0.1, 0.15) is 34.5 Å². The quantitative estimate of drug-likeness (QED) is 0.0324. The van der Waals surface area contributed by atoms with Crippen molar-refractivity contribution in [2.75, 3.05) is 39.6 Å². The summed E-state index contributed by atoms with van der Waals surface area (Å²) in [5.41, 5.74) is 6.48. The van der Waals surface area contributed by atoms with Crippen LogP contribution in [-0.2, 0) is 0 Å². The highest BCUT2D eigenvalue weighted by Gasteiger charge is 2.09. The van der Waals surface area contributed by atoms with Gasteiger partial charge in [0.2, 0.25) is 0 Å². The Morgan fingerprint density at radius 2 is 0.321 bits per heavy atom. The maximum atomic E-state index is 6.45. The molecule has 0 atom stereocenters. The molecule has 4 aromatic carbocycles. The lowest BCUT2D eigenvalue weighted by Gasteiger charge is -2.12. The molecule has 0 radical (unpaired) electrons. The lowest BCUT2D eigenvalue weighted by Crippen LogP contribution is -2.01. The monoisotopic (exact) mass is 1150 g/mol. The molecule has 4 rings (SSSR count). The zero-order valence-electron chi connectivity index (χ0n) is 54.5. The van der Waals surface area contributed by atoms with Crippen LogP contribution in [-0.4, -0.2) is 39.6 Å². The molecule has 0 heterocycles. The van der Waals surface area contributed by atoms with Gasteiger partial charge in [-0.2, -0.15) is 0 Å². The summed E-state index contributed by atoms with van der Waals surface area (Å²) < 4.78 is 38.7. The average molecular weight is 1150 g/mol.